The van der Waals surface area contributed by atoms with Crippen molar-refractivity contribution in [3.63, 3.8) is 0 Å². The Morgan fingerprint density at radius 3 is 2.56 bits per heavy atom. The van der Waals surface area contributed by atoms with E-state index < -0.39 is 0 Å². The van der Waals surface area contributed by atoms with Crippen molar-refractivity contribution in [2.75, 3.05) is 13.1 Å². The van der Waals surface area contributed by atoms with E-state index in [0.717, 1.165) is 23.7 Å². The molecule has 0 radical (unpaired) electrons. The molecule has 0 aromatic rings. The van der Waals surface area contributed by atoms with Crippen LogP contribution in [-0.4, -0.2) is 13.1 Å². The Morgan fingerprint density at radius 1 is 1.12 bits per heavy atom. The van der Waals surface area contributed by atoms with Crippen LogP contribution < -0.4 is 5.32 Å². The Labute approximate surface area is 101 Å². The van der Waals surface area contributed by atoms with Gasteiger partial charge in [-0.05, 0) is 56.0 Å². The van der Waals surface area contributed by atoms with Crippen LogP contribution in [0.25, 0.3) is 0 Å². The maximum absolute atomic E-state index is 3.65. The van der Waals surface area contributed by atoms with E-state index in [9.17, 15) is 0 Å². The molecule has 1 nitrogen and oxygen atoms in total. The lowest BCUT2D eigenvalue weighted by atomic mass is 9.63. The lowest BCUT2D eigenvalue weighted by Gasteiger charge is -2.43. The van der Waals surface area contributed by atoms with Crippen LogP contribution in [0.4, 0.5) is 0 Å². The molecule has 0 amide bonds. The average Bonchev–Trinajstić information content (AvgIpc) is 2.19. The molecule has 2 rings (SSSR count). The van der Waals surface area contributed by atoms with Crippen molar-refractivity contribution in [2.24, 2.45) is 23.7 Å². The number of rotatable bonds is 5. The molecule has 0 aromatic heterocycles. The standard InChI is InChI=1S/C15H29N/c1-3-9-16-11-14-8-7-12(2)10-15(14)13-5-4-6-13/h12-16H,3-11H2,1-2H3. The van der Waals surface area contributed by atoms with Crippen LogP contribution in [0.1, 0.15) is 58.8 Å². The van der Waals surface area contributed by atoms with Gasteiger partial charge in [0, 0.05) is 0 Å². The predicted octanol–water partition coefficient (Wildman–Crippen LogP) is 3.84. The zero-order valence-corrected chi connectivity index (χ0v) is 11.2. The SMILES string of the molecule is CCCNCC1CCC(C)CC1C1CCC1. The molecule has 1 heteroatoms. The van der Waals surface area contributed by atoms with Gasteiger partial charge in [-0.25, -0.2) is 0 Å². The highest BCUT2D eigenvalue weighted by Crippen LogP contribution is 2.45. The van der Waals surface area contributed by atoms with Crippen LogP contribution in [0, 0.1) is 23.7 Å². The molecule has 0 heterocycles. The highest BCUT2D eigenvalue weighted by Gasteiger charge is 2.36. The predicted molar refractivity (Wildman–Crippen MR) is 70.5 cm³/mol. The molecule has 1 N–H and O–H groups in total. The van der Waals surface area contributed by atoms with E-state index >= 15 is 0 Å². The normalized spacial score (nSPS) is 36.0. The number of nitrogens with one attached hydrogen (secondary N) is 1. The molecule has 0 bridgehead atoms. The highest BCUT2D eigenvalue weighted by atomic mass is 14.9. The molecule has 0 aromatic carbocycles. The maximum Gasteiger partial charge on any atom is -0.00178 e. The van der Waals surface area contributed by atoms with Gasteiger partial charge in [0.15, 0.2) is 0 Å². The minimum absolute atomic E-state index is 0.994. The minimum Gasteiger partial charge on any atom is -0.316 e. The summed E-state index contributed by atoms with van der Waals surface area (Å²) in [4.78, 5) is 0. The van der Waals surface area contributed by atoms with Crippen LogP contribution >= 0.6 is 0 Å². The van der Waals surface area contributed by atoms with Gasteiger partial charge < -0.3 is 5.32 Å². The summed E-state index contributed by atoms with van der Waals surface area (Å²) in [6.07, 6.45) is 10.3. The molecule has 3 unspecified atom stereocenters. The molecule has 2 aliphatic rings. The third kappa shape index (κ3) is 3.00. The van der Waals surface area contributed by atoms with Crippen molar-refractivity contribution in [3.05, 3.63) is 0 Å². The molecule has 0 saturated heterocycles. The summed E-state index contributed by atoms with van der Waals surface area (Å²) in [7, 11) is 0. The van der Waals surface area contributed by atoms with Gasteiger partial charge in [0.2, 0.25) is 0 Å². The zero-order valence-electron chi connectivity index (χ0n) is 11.2. The van der Waals surface area contributed by atoms with E-state index in [1.165, 1.54) is 58.0 Å². The van der Waals surface area contributed by atoms with Crippen LogP contribution in [0.5, 0.6) is 0 Å². The quantitative estimate of drug-likeness (QED) is 0.698. The van der Waals surface area contributed by atoms with Crippen molar-refractivity contribution in [3.8, 4) is 0 Å². The summed E-state index contributed by atoms with van der Waals surface area (Å²) in [5.41, 5.74) is 0. The van der Waals surface area contributed by atoms with Gasteiger partial charge in [-0.2, -0.15) is 0 Å². The minimum atomic E-state index is 0.994. The molecule has 2 aliphatic carbocycles. The van der Waals surface area contributed by atoms with Crippen molar-refractivity contribution in [2.45, 2.75) is 58.8 Å². The van der Waals surface area contributed by atoms with Gasteiger partial charge in [0.25, 0.3) is 0 Å². The number of hydrogen-bond donors (Lipinski definition) is 1. The molecular weight excluding hydrogens is 194 g/mol. The van der Waals surface area contributed by atoms with Gasteiger partial charge in [-0.1, -0.05) is 39.5 Å². The molecule has 2 saturated carbocycles. The molecule has 0 spiro atoms. The van der Waals surface area contributed by atoms with Crippen molar-refractivity contribution in [1.29, 1.82) is 0 Å². The van der Waals surface area contributed by atoms with Crippen molar-refractivity contribution in [1.82, 2.24) is 5.32 Å². The van der Waals surface area contributed by atoms with E-state index in [1.807, 2.05) is 0 Å². The van der Waals surface area contributed by atoms with E-state index in [-0.39, 0.29) is 0 Å². The van der Waals surface area contributed by atoms with Crippen molar-refractivity contribution >= 4 is 0 Å². The van der Waals surface area contributed by atoms with Gasteiger partial charge in [-0.15, -0.1) is 0 Å². The molecule has 94 valence electrons. The average molecular weight is 223 g/mol. The molecule has 0 aliphatic heterocycles. The first-order chi connectivity index (χ1) is 7.81. The Kier molecular flexibility index (Phi) is 4.69. The third-order valence-electron chi connectivity index (χ3n) is 4.90. The van der Waals surface area contributed by atoms with Crippen LogP contribution in [0.15, 0.2) is 0 Å². The second-order valence-electron chi connectivity index (χ2n) is 6.24. The Bertz CT molecular complexity index is 198. The van der Waals surface area contributed by atoms with Gasteiger partial charge >= 0.3 is 0 Å². The first-order valence-corrected chi connectivity index (χ1v) is 7.52. The first-order valence-electron chi connectivity index (χ1n) is 7.52. The van der Waals surface area contributed by atoms with E-state index in [0.29, 0.717) is 0 Å². The molecule has 3 atom stereocenters. The van der Waals surface area contributed by atoms with E-state index in [4.69, 9.17) is 0 Å². The molecular formula is C15H29N. The smallest absolute Gasteiger partial charge is 0.00178 e. The van der Waals surface area contributed by atoms with Gasteiger partial charge in [0.05, 0.1) is 0 Å². The van der Waals surface area contributed by atoms with Gasteiger partial charge in [-0.3, -0.25) is 0 Å². The van der Waals surface area contributed by atoms with Crippen LogP contribution in [-0.2, 0) is 0 Å². The lowest BCUT2D eigenvalue weighted by Crippen LogP contribution is -2.38. The van der Waals surface area contributed by atoms with Crippen LogP contribution in [0.2, 0.25) is 0 Å². The van der Waals surface area contributed by atoms with E-state index in [2.05, 4.69) is 19.2 Å². The van der Waals surface area contributed by atoms with E-state index in [1.54, 1.807) is 0 Å². The summed E-state index contributed by atoms with van der Waals surface area (Å²) in [5.74, 6) is 4.14. The van der Waals surface area contributed by atoms with Crippen molar-refractivity contribution < 1.29 is 0 Å². The Hall–Kier alpha value is -0.0400. The maximum atomic E-state index is 3.65. The fraction of sp³-hybridized carbons (Fsp3) is 1.00. The molecule has 16 heavy (non-hydrogen) atoms. The highest BCUT2D eigenvalue weighted by molar-refractivity contribution is 4.87. The largest absolute Gasteiger partial charge is 0.316 e. The summed E-state index contributed by atoms with van der Waals surface area (Å²) >= 11 is 0. The lowest BCUT2D eigenvalue weighted by molar-refractivity contribution is 0.0784. The second kappa shape index (κ2) is 6.05. The molecule has 2 fully saturated rings. The topological polar surface area (TPSA) is 12.0 Å². The summed E-state index contributed by atoms with van der Waals surface area (Å²) in [6.45, 7) is 7.23. The van der Waals surface area contributed by atoms with Gasteiger partial charge in [0.1, 0.15) is 0 Å². The Balaban J connectivity index is 1.82. The fourth-order valence-corrected chi connectivity index (χ4v) is 3.65. The zero-order chi connectivity index (χ0) is 11.4. The summed E-state index contributed by atoms with van der Waals surface area (Å²) in [5, 5.41) is 3.65. The fourth-order valence-electron chi connectivity index (χ4n) is 3.65. The number of hydrogen-bond acceptors (Lipinski definition) is 1. The third-order valence-corrected chi connectivity index (χ3v) is 4.90. The monoisotopic (exact) mass is 223 g/mol. The summed E-state index contributed by atoms with van der Waals surface area (Å²) in [6, 6.07) is 0. The van der Waals surface area contributed by atoms with Crippen LogP contribution in [0.3, 0.4) is 0 Å². The first kappa shape index (κ1) is 12.4. The second-order valence-corrected chi connectivity index (χ2v) is 6.24. The Morgan fingerprint density at radius 2 is 1.94 bits per heavy atom. The summed E-state index contributed by atoms with van der Waals surface area (Å²) < 4.78 is 0.